The van der Waals surface area contributed by atoms with Crippen molar-refractivity contribution < 1.29 is 35.5 Å². The minimum absolute atomic E-state index is 0.398. The van der Waals surface area contributed by atoms with Crippen LogP contribution < -0.4 is 0 Å². The Morgan fingerprint density at radius 2 is 1.47 bits per heavy atom. The Bertz CT molecular complexity index is 202. The summed E-state index contributed by atoms with van der Waals surface area (Å²) in [5, 5.41) is 0. The first kappa shape index (κ1) is 14.5. The van der Waals surface area contributed by atoms with Crippen LogP contribution in [0.15, 0.2) is 0 Å². The first-order valence-corrected chi connectivity index (χ1v) is 3.95. The molecule has 0 amide bonds. The van der Waals surface area contributed by atoms with Crippen molar-refractivity contribution in [3.05, 3.63) is 0 Å². The van der Waals surface area contributed by atoms with E-state index in [0.29, 0.717) is 0 Å². The number of hydrogen-bond donors (Lipinski definition) is 0. The van der Waals surface area contributed by atoms with Gasteiger partial charge in [-0.3, -0.25) is 0 Å². The smallest absolute Gasteiger partial charge is 0.302 e. The normalized spacial score (nSPS) is 17.6. The highest BCUT2D eigenvalue weighted by Gasteiger charge is 2.72. The van der Waals surface area contributed by atoms with E-state index in [0.717, 1.165) is 6.92 Å². The van der Waals surface area contributed by atoms with E-state index in [1.165, 1.54) is 0 Å². The molecule has 0 aromatic rings. The van der Waals surface area contributed by atoms with Gasteiger partial charge in [0.25, 0.3) is 0 Å². The average molecular weight is 242 g/mol. The summed E-state index contributed by atoms with van der Waals surface area (Å²) in [7, 11) is 0. The lowest BCUT2D eigenvalue weighted by atomic mass is 10.1. The Morgan fingerprint density at radius 3 is 1.73 bits per heavy atom. The van der Waals surface area contributed by atoms with Gasteiger partial charge in [-0.25, -0.2) is 4.39 Å². The molecule has 0 aromatic carbocycles. The summed E-state index contributed by atoms with van der Waals surface area (Å²) in [6.07, 6.45) is -7.77. The van der Waals surface area contributed by atoms with Crippen LogP contribution in [0.3, 0.4) is 0 Å². The van der Waals surface area contributed by atoms with Crippen LogP contribution in [0.2, 0.25) is 0 Å². The van der Waals surface area contributed by atoms with Gasteiger partial charge in [-0.2, -0.15) is 26.3 Å². The molecule has 0 saturated carbocycles. The van der Waals surface area contributed by atoms with Gasteiger partial charge in [0.1, 0.15) is 0 Å². The van der Waals surface area contributed by atoms with E-state index in [9.17, 15) is 30.7 Å². The van der Waals surface area contributed by atoms with E-state index >= 15 is 0 Å². The molecule has 0 aliphatic carbocycles. The van der Waals surface area contributed by atoms with Crippen molar-refractivity contribution in [3.8, 4) is 0 Å². The fourth-order valence-electron chi connectivity index (χ4n) is 0.945. The van der Waals surface area contributed by atoms with E-state index in [4.69, 9.17) is 0 Å². The van der Waals surface area contributed by atoms with Crippen LogP contribution in [-0.2, 0) is 4.74 Å². The SMILES string of the molecule is CCCC(F)(F)C(F)(OCF)C(F)(F)F. The van der Waals surface area contributed by atoms with Gasteiger partial charge in [0.15, 0.2) is 6.86 Å². The number of halogens is 7. The van der Waals surface area contributed by atoms with Crippen molar-refractivity contribution in [3.63, 3.8) is 0 Å². The van der Waals surface area contributed by atoms with Gasteiger partial charge < -0.3 is 4.74 Å². The quantitative estimate of drug-likeness (QED) is 0.669. The number of alkyl halides is 7. The zero-order chi connectivity index (χ0) is 12.3. The van der Waals surface area contributed by atoms with Gasteiger partial charge in [-0.1, -0.05) is 13.3 Å². The Morgan fingerprint density at radius 1 is 1.00 bits per heavy atom. The van der Waals surface area contributed by atoms with Crippen LogP contribution in [0.1, 0.15) is 19.8 Å². The third-order valence-electron chi connectivity index (χ3n) is 1.65. The van der Waals surface area contributed by atoms with Crippen LogP contribution in [0.25, 0.3) is 0 Å². The highest BCUT2D eigenvalue weighted by Crippen LogP contribution is 2.48. The number of rotatable bonds is 5. The molecule has 1 atom stereocenters. The lowest BCUT2D eigenvalue weighted by Crippen LogP contribution is -2.57. The maximum atomic E-state index is 12.9. The molecule has 0 radical (unpaired) electrons. The predicted molar refractivity (Wildman–Crippen MR) is 36.8 cm³/mol. The summed E-state index contributed by atoms with van der Waals surface area (Å²) in [5.41, 5.74) is 0. The molecule has 0 spiro atoms. The van der Waals surface area contributed by atoms with E-state index in [2.05, 4.69) is 4.74 Å². The minimum atomic E-state index is -5.99. The molecule has 92 valence electrons. The van der Waals surface area contributed by atoms with E-state index in [-0.39, 0.29) is 0 Å². The van der Waals surface area contributed by atoms with Crippen LogP contribution in [0.5, 0.6) is 0 Å². The molecule has 0 aromatic heterocycles. The van der Waals surface area contributed by atoms with Gasteiger partial charge in [0.2, 0.25) is 0 Å². The second-order valence-corrected chi connectivity index (χ2v) is 2.80. The third kappa shape index (κ3) is 2.73. The van der Waals surface area contributed by atoms with Crippen molar-refractivity contribution in [1.29, 1.82) is 0 Å². The molecule has 0 fully saturated rings. The first-order chi connectivity index (χ1) is 6.62. The van der Waals surface area contributed by atoms with Gasteiger partial charge in [0.05, 0.1) is 0 Å². The molecule has 1 nitrogen and oxygen atoms in total. The second kappa shape index (κ2) is 4.54. The van der Waals surface area contributed by atoms with E-state index < -0.39 is 37.7 Å². The summed E-state index contributed by atoms with van der Waals surface area (Å²) in [5.74, 6) is -10.1. The lowest BCUT2D eigenvalue weighted by Gasteiger charge is -2.33. The zero-order valence-corrected chi connectivity index (χ0v) is 7.68. The fraction of sp³-hybridized carbons (Fsp3) is 1.00. The highest BCUT2D eigenvalue weighted by atomic mass is 19.4. The Balaban J connectivity index is 5.10. The monoisotopic (exact) mass is 242 g/mol. The molecule has 0 rings (SSSR count). The predicted octanol–water partition coefficient (Wildman–Crippen LogP) is 3.59. The summed E-state index contributed by atoms with van der Waals surface area (Å²) in [6.45, 7) is -1.14. The maximum absolute atomic E-state index is 12.9. The van der Waals surface area contributed by atoms with E-state index in [1.54, 1.807) is 0 Å². The molecule has 0 N–H and O–H groups in total. The molecule has 0 aliphatic rings. The Hall–Kier alpha value is -0.530. The standard InChI is InChI=1S/C7H9F7O/c1-2-3-5(9,10)6(11,15-4-8)7(12,13)14/h2-4H2,1H3. The minimum Gasteiger partial charge on any atom is -0.302 e. The molecule has 0 bridgehead atoms. The zero-order valence-electron chi connectivity index (χ0n) is 7.68. The second-order valence-electron chi connectivity index (χ2n) is 2.80. The molecule has 8 heteroatoms. The van der Waals surface area contributed by atoms with Crippen LogP contribution in [0, 0.1) is 0 Å². The molecule has 0 saturated heterocycles. The van der Waals surface area contributed by atoms with Crippen LogP contribution >= 0.6 is 0 Å². The van der Waals surface area contributed by atoms with Crippen molar-refractivity contribution in [2.75, 3.05) is 6.86 Å². The van der Waals surface area contributed by atoms with Crippen molar-refractivity contribution in [2.24, 2.45) is 0 Å². The fourth-order valence-corrected chi connectivity index (χ4v) is 0.945. The molecule has 1 unspecified atom stereocenters. The third-order valence-corrected chi connectivity index (χ3v) is 1.65. The summed E-state index contributed by atoms with van der Waals surface area (Å²) >= 11 is 0. The van der Waals surface area contributed by atoms with Crippen molar-refractivity contribution in [2.45, 2.75) is 37.7 Å². The summed E-state index contributed by atoms with van der Waals surface area (Å²) < 4.78 is 88.8. The van der Waals surface area contributed by atoms with E-state index in [1.807, 2.05) is 0 Å². The van der Waals surface area contributed by atoms with Crippen LogP contribution in [0.4, 0.5) is 30.7 Å². The first-order valence-electron chi connectivity index (χ1n) is 3.95. The van der Waals surface area contributed by atoms with Gasteiger partial charge in [0, 0.05) is 6.42 Å². The van der Waals surface area contributed by atoms with Gasteiger partial charge in [-0.15, -0.1) is 0 Å². The number of hydrogen-bond acceptors (Lipinski definition) is 1. The molecule has 0 heterocycles. The lowest BCUT2D eigenvalue weighted by molar-refractivity contribution is -0.407. The average Bonchev–Trinajstić information content (AvgIpc) is 2.02. The van der Waals surface area contributed by atoms with Crippen molar-refractivity contribution >= 4 is 0 Å². The molecule has 15 heavy (non-hydrogen) atoms. The highest BCUT2D eigenvalue weighted by molar-refractivity contribution is 4.91. The maximum Gasteiger partial charge on any atom is 0.455 e. The van der Waals surface area contributed by atoms with Gasteiger partial charge >= 0.3 is 18.0 Å². The summed E-state index contributed by atoms with van der Waals surface area (Å²) in [6, 6.07) is 0. The molecular formula is C7H9F7O. The Labute approximate surface area is 81.2 Å². The topological polar surface area (TPSA) is 9.23 Å². The molecule has 0 aliphatic heterocycles. The van der Waals surface area contributed by atoms with Crippen LogP contribution in [-0.4, -0.2) is 24.8 Å². The largest absolute Gasteiger partial charge is 0.455 e. The number of ether oxygens (including phenoxy) is 1. The summed E-state index contributed by atoms with van der Waals surface area (Å²) in [4.78, 5) is 0. The Kier molecular flexibility index (Phi) is 4.38. The van der Waals surface area contributed by atoms with Gasteiger partial charge in [-0.05, 0) is 0 Å². The van der Waals surface area contributed by atoms with Crippen molar-refractivity contribution in [1.82, 2.24) is 0 Å². The molecular weight excluding hydrogens is 233 g/mol.